The number of carboxylic acids is 1. The van der Waals surface area contributed by atoms with Crippen LogP contribution in [0.15, 0.2) is 51.9 Å². The molecule has 0 atom stereocenters. The number of aromatic amines is 1. The number of carboxylic acid groups (broad SMARTS) is 1. The van der Waals surface area contributed by atoms with Gasteiger partial charge in [-0.2, -0.15) is 0 Å². The van der Waals surface area contributed by atoms with Crippen molar-refractivity contribution < 1.29 is 9.90 Å². The lowest BCUT2D eigenvalue weighted by molar-refractivity contribution is 0.0696. The van der Waals surface area contributed by atoms with Gasteiger partial charge in [0.15, 0.2) is 5.82 Å². The monoisotopic (exact) mass is 331 g/mol. The molecule has 2 N–H and O–H groups in total. The van der Waals surface area contributed by atoms with Gasteiger partial charge in [-0.05, 0) is 31.1 Å². The van der Waals surface area contributed by atoms with Gasteiger partial charge in [-0.15, -0.1) is 0 Å². The predicted molar refractivity (Wildman–Crippen MR) is 86.1 cm³/mol. The number of nitrogens with one attached hydrogen (secondary N) is 1. The summed E-state index contributed by atoms with van der Waals surface area (Å²) >= 11 is 5.93. The second-order valence-corrected chi connectivity index (χ2v) is 5.76. The molecule has 0 aliphatic heterocycles. The largest absolute Gasteiger partial charge is 0.478 e. The molecule has 0 saturated carbocycles. The zero-order valence-electron chi connectivity index (χ0n) is 12.1. The van der Waals surface area contributed by atoms with Crippen molar-refractivity contribution in [3.05, 3.63) is 68.8 Å². The van der Waals surface area contributed by atoms with E-state index in [0.29, 0.717) is 6.42 Å². The van der Waals surface area contributed by atoms with E-state index in [-0.39, 0.29) is 16.9 Å². The summed E-state index contributed by atoms with van der Waals surface area (Å²) in [5.74, 6) is -0.814. The quantitative estimate of drug-likeness (QED) is 0.901. The maximum absolute atomic E-state index is 12.1. The van der Waals surface area contributed by atoms with Crippen LogP contribution in [0.5, 0.6) is 0 Å². The van der Waals surface area contributed by atoms with Crippen LogP contribution in [0, 0.1) is 0 Å². The summed E-state index contributed by atoms with van der Waals surface area (Å²) in [5.41, 5.74) is 1.72. The van der Waals surface area contributed by atoms with E-state index < -0.39 is 5.97 Å². The van der Waals surface area contributed by atoms with Crippen molar-refractivity contribution in [1.82, 2.24) is 14.8 Å². The van der Waals surface area contributed by atoms with E-state index in [1.54, 1.807) is 0 Å². The molecule has 1 aliphatic rings. The third-order valence-corrected chi connectivity index (χ3v) is 3.91. The Labute approximate surface area is 136 Å². The van der Waals surface area contributed by atoms with E-state index >= 15 is 0 Å². The molecule has 0 aromatic carbocycles. The average molecular weight is 332 g/mol. The number of nitrogens with zero attached hydrogens (tertiary/aromatic N) is 2. The Morgan fingerprint density at radius 3 is 2.87 bits per heavy atom. The lowest BCUT2D eigenvalue weighted by Crippen LogP contribution is -2.15. The van der Waals surface area contributed by atoms with Gasteiger partial charge in [-0.1, -0.05) is 23.3 Å². The van der Waals surface area contributed by atoms with Crippen molar-refractivity contribution in [3.63, 3.8) is 0 Å². The van der Waals surface area contributed by atoms with Crippen LogP contribution in [0.4, 0.5) is 0 Å². The maximum Gasteiger partial charge on any atom is 0.335 e. The van der Waals surface area contributed by atoms with Gasteiger partial charge in [0.1, 0.15) is 0 Å². The molecule has 2 aromatic heterocycles. The number of aromatic nitrogens is 3. The molecule has 7 heteroatoms. The molecule has 3 rings (SSSR count). The fraction of sp³-hybridized carbons (Fsp3) is 0.188. The van der Waals surface area contributed by atoms with Crippen LogP contribution >= 0.6 is 11.6 Å². The third-order valence-electron chi connectivity index (χ3n) is 3.60. The van der Waals surface area contributed by atoms with Crippen molar-refractivity contribution in [2.45, 2.75) is 19.3 Å². The van der Waals surface area contributed by atoms with Crippen LogP contribution in [0.1, 0.15) is 28.9 Å². The van der Waals surface area contributed by atoms with Crippen molar-refractivity contribution in [2.75, 3.05) is 0 Å². The fourth-order valence-corrected chi connectivity index (χ4v) is 2.58. The van der Waals surface area contributed by atoms with Gasteiger partial charge in [-0.25, -0.2) is 14.5 Å². The van der Waals surface area contributed by atoms with E-state index in [4.69, 9.17) is 16.7 Å². The lowest BCUT2D eigenvalue weighted by Gasteiger charge is -2.09. The van der Waals surface area contributed by atoms with Crippen LogP contribution in [0.3, 0.4) is 0 Å². The molecule has 118 valence electrons. The minimum atomic E-state index is -1.07. The zero-order valence-corrected chi connectivity index (χ0v) is 12.9. The number of hydrogen-bond donors (Lipinski definition) is 2. The minimum Gasteiger partial charge on any atom is -0.478 e. The normalized spacial score (nSPS) is 14.3. The Balaban J connectivity index is 1.88. The Morgan fingerprint density at radius 2 is 2.17 bits per heavy atom. The number of H-pyrrole nitrogens is 1. The van der Waals surface area contributed by atoms with Gasteiger partial charge in [-0.3, -0.25) is 9.89 Å². The third kappa shape index (κ3) is 3.43. The van der Waals surface area contributed by atoms with E-state index in [2.05, 4.69) is 10.1 Å². The van der Waals surface area contributed by atoms with E-state index in [1.165, 1.54) is 34.7 Å². The summed E-state index contributed by atoms with van der Waals surface area (Å²) < 4.78 is 1.24. The first kappa shape index (κ1) is 15.3. The number of allylic oxidation sites excluding steroid dienone is 4. The van der Waals surface area contributed by atoms with Gasteiger partial charge in [0, 0.05) is 29.4 Å². The van der Waals surface area contributed by atoms with Crippen molar-refractivity contribution in [1.29, 1.82) is 0 Å². The fourth-order valence-electron chi connectivity index (χ4n) is 2.43. The highest BCUT2D eigenvalue weighted by Crippen LogP contribution is 2.23. The van der Waals surface area contributed by atoms with Crippen molar-refractivity contribution in [3.8, 4) is 5.82 Å². The molecular formula is C16H14ClN3O3. The van der Waals surface area contributed by atoms with Crippen molar-refractivity contribution >= 4 is 17.6 Å². The van der Waals surface area contributed by atoms with Gasteiger partial charge in [0.25, 0.3) is 5.56 Å². The SMILES string of the molecule is O=C(O)c1ccnc(-n2[nH]c(CC3=CC=C(Cl)CC3)cc2=O)c1. The molecule has 2 aromatic rings. The van der Waals surface area contributed by atoms with E-state index in [9.17, 15) is 9.59 Å². The molecule has 0 unspecified atom stereocenters. The smallest absolute Gasteiger partial charge is 0.335 e. The molecule has 0 spiro atoms. The standard InChI is InChI=1S/C16H14ClN3O3/c17-12-3-1-10(2-4-12)7-13-9-15(21)20(19-13)14-8-11(16(22)23)5-6-18-14/h1,3,5-6,8-9,19H,2,4,7H2,(H,22,23). The summed E-state index contributed by atoms with van der Waals surface area (Å²) in [5, 5.41) is 12.8. The maximum atomic E-state index is 12.1. The predicted octanol–water partition coefficient (Wildman–Crippen LogP) is 2.64. The Morgan fingerprint density at radius 1 is 1.35 bits per heavy atom. The summed E-state index contributed by atoms with van der Waals surface area (Å²) in [4.78, 5) is 27.2. The van der Waals surface area contributed by atoms with Crippen LogP contribution in [-0.4, -0.2) is 25.8 Å². The topological polar surface area (TPSA) is 88.0 Å². The first-order valence-corrected chi connectivity index (χ1v) is 7.45. The number of aromatic carboxylic acids is 1. The van der Waals surface area contributed by atoms with Gasteiger partial charge >= 0.3 is 5.97 Å². The highest BCUT2D eigenvalue weighted by Gasteiger charge is 2.12. The lowest BCUT2D eigenvalue weighted by atomic mass is 10.0. The van der Waals surface area contributed by atoms with Crippen LogP contribution in [0.2, 0.25) is 0 Å². The van der Waals surface area contributed by atoms with Crippen LogP contribution in [0.25, 0.3) is 5.82 Å². The Hall–Kier alpha value is -2.60. The summed E-state index contributed by atoms with van der Waals surface area (Å²) in [6.45, 7) is 0. The molecule has 0 saturated heterocycles. The second kappa shape index (κ2) is 6.26. The molecule has 6 nitrogen and oxygen atoms in total. The highest BCUT2D eigenvalue weighted by molar-refractivity contribution is 6.29. The minimum absolute atomic E-state index is 0.0767. The van der Waals surface area contributed by atoms with Crippen LogP contribution in [-0.2, 0) is 6.42 Å². The van der Waals surface area contributed by atoms with Gasteiger partial charge in [0.2, 0.25) is 0 Å². The first-order chi connectivity index (χ1) is 11.0. The number of hydrogen-bond acceptors (Lipinski definition) is 3. The first-order valence-electron chi connectivity index (χ1n) is 7.08. The zero-order chi connectivity index (χ0) is 16.4. The Bertz CT molecular complexity index is 877. The second-order valence-electron chi connectivity index (χ2n) is 5.28. The summed E-state index contributed by atoms with van der Waals surface area (Å²) in [7, 11) is 0. The molecule has 2 heterocycles. The molecular weight excluding hydrogens is 318 g/mol. The highest BCUT2D eigenvalue weighted by atomic mass is 35.5. The van der Waals surface area contributed by atoms with E-state index in [0.717, 1.165) is 23.6 Å². The van der Waals surface area contributed by atoms with Crippen molar-refractivity contribution in [2.24, 2.45) is 0 Å². The molecule has 23 heavy (non-hydrogen) atoms. The van der Waals surface area contributed by atoms with Crippen LogP contribution < -0.4 is 5.56 Å². The summed E-state index contributed by atoms with van der Waals surface area (Å²) in [6, 6.07) is 4.23. The average Bonchev–Trinajstić information content (AvgIpc) is 2.90. The molecule has 0 amide bonds. The number of carbonyl (C=O) groups is 1. The van der Waals surface area contributed by atoms with E-state index in [1.807, 2.05) is 12.2 Å². The molecule has 0 fully saturated rings. The Kier molecular flexibility index (Phi) is 4.16. The molecule has 0 bridgehead atoms. The number of halogens is 1. The molecule has 1 aliphatic carbocycles. The van der Waals surface area contributed by atoms with Gasteiger partial charge < -0.3 is 5.11 Å². The summed E-state index contributed by atoms with van der Waals surface area (Å²) in [6.07, 6.45) is 7.47. The number of rotatable bonds is 4. The number of pyridine rings is 1. The van der Waals surface area contributed by atoms with Gasteiger partial charge in [0.05, 0.1) is 5.56 Å². The molecule has 0 radical (unpaired) electrons.